The van der Waals surface area contributed by atoms with Crippen LogP contribution in [-0.4, -0.2) is 11.4 Å². The predicted octanol–water partition coefficient (Wildman–Crippen LogP) is 4.74. The molecule has 0 aromatic heterocycles. The highest BCUT2D eigenvalue weighted by atomic mass is 127. The first-order chi connectivity index (χ1) is 9.51. The number of aldehydes is 1. The number of phenols is 1. The molecule has 0 atom stereocenters. The number of carbonyl (C=O) groups is 1. The van der Waals surface area contributed by atoms with E-state index in [0.717, 1.165) is 28.3 Å². The zero-order valence-corrected chi connectivity index (χ0v) is 16.5. The van der Waals surface area contributed by atoms with Gasteiger partial charge >= 0.3 is 0 Å². The monoisotopic (exact) mass is 606 g/mol. The van der Waals surface area contributed by atoms with Crippen molar-refractivity contribution in [1.82, 2.24) is 0 Å². The summed E-state index contributed by atoms with van der Waals surface area (Å²) in [5.41, 5.74) is 0.964. The first kappa shape index (κ1) is 16.3. The van der Waals surface area contributed by atoms with Crippen molar-refractivity contribution in [3.63, 3.8) is 0 Å². The SMILES string of the molecule is O=CCc1ccc(Oc2cc(I)c(O)c(I)c2)c(I)c1. The van der Waals surface area contributed by atoms with Crippen LogP contribution in [0.15, 0.2) is 30.3 Å². The van der Waals surface area contributed by atoms with Crippen LogP contribution in [0.1, 0.15) is 5.56 Å². The zero-order valence-electron chi connectivity index (χ0n) is 10.1. The molecule has 104 valence electrons. The smallest absolute Gasteiger partial charge is 0.142 e. The predicted molar refractivity (Wildman–Crippen MR) is 103 cm³/mol. The zero-order chi connectivity index (χ0) is 14.7. The van der Waals surface area contributed by atoms with E-state index in [-0.39, 0.29) is 5.75 Å². The van der Waals surface area contributed by atoms with Crippen molar-refractivity contribution in [2.75, 3.05) is 0 Å². The molecule has 0 aliphatic heterocycles. The highest BCUT2D eigenvalue weighted by molar-refractivity contribution is 14.1. The fraction of sp³-hybridized carbons (Fsp3) is 0.0714. The van der Waals surface area contributed by atoms with Gasteiger partial charge in [-0.2, -0.15) is 0 Å². The van der Waals surface area contributed by atoms with Gasteiger partial charge in [-0.15, -0.1) is 0 Å². The van der Waals surface area contributed by atoms with Crippen molar-refractivity contribution < 1.29 is 14.6 Å². The van der Waals surface area contributed by atoms with E-state index in [1.54, 1.807) is 12.1 Å². The third-order valence-corrected chi connectivity index (χ3v) is 5.02. The number of rotatable bonds is 4. The molecule has 3 nitrogen and oxygen atoms in total. The standard InChI is InChI=1S/C14H9I3O3/c15-10-5-8(3-4-18)1-2-13(10)20-9-6-11(16)14(19)12(17)7-9/h1-2,4-7,19H,3H2. The summed E-state index contributed by atoms with van der Waals surface area (Å²) in [6, 6.07) is 9.23. The van der Waals surface area contributed by atoms with E-state index in [0.29, 0.717) is 12.2 Å². The molecule has 0 aliphatic carbocycles. The molecule has 0 unspecified atom stereocenters. The lowest BCUT2D eigenvalue weighted by Crippen LogP contribution is -1.92. The summed E-state index contributed by atoms with van der Waals surface area (Å²) in [6.07, 6.45) is 1.29. The van der Waals surface area contributed by atoms with Gasteiger partial charge < -0.3 is 14.6 Å². The van der Waals surface area contributed by atoms with Crippen molar-refractivity contribution in [2.45, 2.75) is 6.42 Å². The van der Waals surface area contributed by atoms with Crippen LogP contribution >= 0.6 is 67.8 Å². The second kappa shape index (κ2) is 7.25. The van der Waals surface area contributed by atoms with Crippen LogP contribution in [0.4, 0.5) is 0 Å². The molecule has 0 fully saturated rings. The molecule has 2 rings (SSSR count). The average Bonchev–Trinajstić information content (AvgIpc) is 2.39. The van der Waals surface area contributed by atoms with Gasteiger partial charge in [0.2, 0.25) is 0 Å². The van der Waals surface area contributed by atoms with Crippen molar-refractivity contribution in [3.8, 4) is 17.2 Å². The van der Waals surface area contributed by atoms with Gasteiger partial charge in [-0.05, 0) is 97.6 Å². The first-order valence-electron chi connectivity index (χ1n) is 5.59. The number of ether oxygens (including phenoxy) is 1. The molecule has 0 saturated heterocycles. The van der Waals surface area contributed by atoms with Crippen molar-refractivity contribution >= 4 is 74.1 Å². The Kier molecular flexibility index (Phi) is 5.90. The molecule has 0 spiro atoms. The van der Waals surface area contributed by atoms with E-state index in [1.807, 2.05) is 18.2 Å². The number of halogens is 3. The number of hydrogen-bond acceptors (Lipinski definition) is 3. The minimum atomic E-state index is 0.273. The molecular weight excluding hydrogens is 597 g/mol. The fourth-order valence-electron chi connectivity index (χ4n) is 1.58. The Morgan fingerprint density at radius 2 is 1.70 bits per heavy atom. The molecular formula is C14H9I3O3. The molecule has 0 bridgehead atoms. The van der Waals surface area contributed by atoms with Gasteiger partial charge in [0, 0.05) is 6.42 Å². The van der Waals surface area contributed by atoms with Gasteiger partial charge in [0.1, 0.15) is 23.5 Å². The molecule has 0 aliphatic rings. The molecule has 2 aromatic rings. The Balaban J connectivity index is 2.28. The lowest BCUT2D eigenvalue weighted by atomic mass is 10.2. The van der Waals surface area contributed by atoms with Crippen molar-refractivity contribution in [2.24, 2.45) is 0 Å². The van der Waals surface area contributed by atoms with Gasteiger partial charge in [-0.1, -0.05) is 6.07 Å². The third kappa shape index (κ3) is 3.97. The molecule has 0 heterocycles. The Bertz CT molecular complexity index is 633. The van der Waals surface area contributed by atoms with Crippen LogP contribution in [0, 0.1) is 10.7 Å². The Morgan fingerprint density at radius 1 is 1.05 bits per heavy atom. The van der Waals surface area contributed by atoms with E-state index in [9.17, 15) is 9.90 Å². The minimum Gasteiger partial charge on any atom is -0.506 e. The summed E-state index contributed by atoms with van der Waals surface area (Å²) in [7, 11) is 0. The van der Waals surface area contributed by atoms with Crippen LogP contribution in [0.25, 0.3) is 0 Å². The maximum atomic E-state index is 10.5. The van der Waals surface area contributed by atoms with Crippen LogP contribution in [0.2, 0.25) is 0 Å². The summed E-state index contributed by atoms with van der Waals surface area (Å²) in [4.78, 5) is 10.5. The van der Waals surface area contributed by atoms with E-state index < -0.39 is 0 Å². The summed E-state index contributed by atoms with van der Waals surface area (Å²) in [6.45, 7) is 0. The molecule has 0 amide bonds. The van der Waals surface area contributed by atoms with Gasteiger partial charge in [-0.25, -0.2) is 0 Å². The van der Waals surface area contributed by atoms with Crippen molar-refractivity contribution in [3.05, 3.63) is 46.6 Å². The second-order valence-electron chi connectivity index (χ2n) is 3.97. The molecule has 20 heavy (non-hydrogen) atoms. The average molecular weight is 606 g/mol. The Morgan fingerprint density at radius 3 is 2.25 bits per heavy atom. The van der Waals surface area contributed by atoms with E-state index in [1.165, 1.54) is 0 Å². The van der Waals surface area contributed by atoms with E-state index >= 15 is 0 Å². The van der Waals surface area contributed by atoms with Gasteiger partial charge in [0.05, 0.1) is 10.7 Å². The van der Waals surface area contributed by atoms with Crippen LogP contribution in [-0.2, 0) is 11.2 Å². The third-order valence-electron chi connectivity index (χ3n) is 2.53. The first-order valence-corrected chi connectivity index (χ1v) is 8.83. The second-order valence-corrected chi connectivity index (χ2v) is 7.46. The number of aromatic hydroxyl groups is 1. The molecule has 6 heteroatoms. The maximum Gasteiger partial charge on any atom is 0.142 e. The van der Waals surface area contributed by atoms with Crippen molar-refractivity contribution in [1.29, 1.82) is 0 Å². The number of hydrogen-bond donors (Lipinski definition) is 1. The number of phenolic OH excluding ortho intramolecular Hbond substituents is 1. The highest BCUT2D eigenvalue weighted by Gasteiger charge is 2.09. The topological polar surface area (TPSA) is 46.5 Å². The fourth-order valence-corrected chi connectivity index (χ4v) is 3.98. The minimum absolute atomic E-state index is 0.273. The van der Waals surface area contributed by atoms with Crippen LogP contribution < -0.4 is 4.74 Å². The number of benzene rings is 2. The summed E-state index contributed by atoms with van der Waals surface area (Å²) in [5, 5.41) is 9.74. The molecule has 1 N–H and O–H groups in total. The van der Waals surface area contributed by atoms with Crippen LogP contribution in [0.5, 0.6) is 17.2 Å². The molecule has 2 aromatic carbocycles. The number of carbonyl (C=O) groups excluding carboxylic acids is 1. The summed E-state index contributed by atoms with van der Waals surface area (Å²) in [5.74, 6) is 1.68. The molecule has 0 saturated carbocycles. The summed E-state index contributed by atoms with van der Waals surface area (Å²) >= 11 is 6.32. The van der Waals surface area contributed by atoms with Gasteiger partial charge in [0.15, 0.2) is 0 Å². The molecule has 0 radical (unpaired) electrons. The van der Waals surface area contributed by atoms with E-state index in [4.69, 9.17) is 4.74 Å². The normalized spacial score (nSPS) is 10.3. The lowest BCUT2D eigenvalue weighted by molar-refractivity contribution is -0.107. The lowest BCUT2D eigenvalue weighted by Gasteiger charge is -2.10. The van der Waals surface area contributed by atoms with Gasteiger partial charge in [0.25, 0.3) is 0 Å². The quantitative estimate of drug-likeness (QED) is 0.405. The Hall–Kier alpha value is -0.100. The largest absolute Gasteiger partial charge is 0.506 e. The van der Waals surface area contributed by atoms with Gasteiger partial charge in [-0.3, -0.25) is 0 Å². The highest BCUT2D eigenvalue weighted by Crippen LogP contribution is 2.34. The van der Waals surface area contributed by atoms with E-state index in [2.05, 4.69) is 67.8 Å². The summed E-state index contributed by atoms with van der Waals surface area (Å²) < 4.78 is 8.28. The Labute approximate surface area is 157 Å². The van der Waals surface area contributed by atoms with Crippen LogP contribution in [0.3, 0.4) is 0 Å². The maximum absolute atomic E-state index is 10.5.